The quantitative estimate of drug-likeness (QED) is 0.593. The van der Waals surface area contributed by atoms with Gasteiger partial charge in [-0.1, -0.05) is 13.5 Å². The Hall–Kier alpha value is -1.62. The molecule has 122 valence electrons. The van der Waals surface area contributed by atoms with Crippen molar-refractivity contribution in [2.45, 2.75) is 58.3 Å². The van der Waals surface area contributed by atoms with Crippen LogP contribution >= 0.6 is 0 Å². The number of hydrogen-bond acceptors (Lipinski definition) is 5. The standard InChI is InChI=1S/C17H24O5/c1-9-5-6-13-11(3)17(20)22-16(13)7-10(2)15(8-14(9)19)21-12(4)18/h7,11,13-16,19H,1,5-6,8H2,2-4H3. The number of ether oxygens (including phenoxy) is 2. The molecule has 1 fully saturated rings. The third kappa shape index (κ3) is 3.58. The zero-order valence-corrected chi connectivity index (χ0v) is 13.4. The van der Waals surface area contributed by atoms with Gasteiger partial charge in [0.2, 0.25) is 0 Å². The number of aliphatic hydroxyl groups excluding tert-OH is 1. The highest BCUT2D eigenvalue weighted by Gasteiger charge is 2.41. The van der Waals surface area contributed by atoms with Crippen molar-refractivity contribution in [3.8, 4) is 0 Å². The van der Waals surface area contributed by atoms with E-state index in [4.69, 9.17) is 9.47 Å². The molecule has 1 aliphatic heterocycles. The molecule has 1 heterocycles. The largest absolute Gasteiger partial charge is 0.458 e. The average Bonchev–Trinajstić information content (AvgIpc) is 2.69. The smallest absolute Gasteiger partial charge is 0.309 e. The van der Waals surface area contributed by atoms with Gasteiger partial charge in [0.15, 0.2) is 0 Å². The van der Waals surface area contributed by atoms with E-state index in [-0.39, 0.29) is 30.3 Å². The first kappa shape index (κ1) is 16.7. The van der Waals surface area contributed by atoms with Crippen LogP contribution in [0.25, 0.3) is 0 Å². The van der Waals surface area contributed by atoms with E-state index in [2.05, 4.69) is 6.58 Å². The number of carbonyl (C=O) groups is 2. The number of aliphatic hydroxyl groups is 1. The summed E-state index contributed by atoms with van der Waals surface area (Å²) >= 11 is 0. The van der Waals surface area contributed by atoms with Gasteiger partial charge in [0, 0.05) is 19.3 Å². The Bertz CT molecular complexity index is 507. The summed E-state index contributed by atoms with van der Waals surface area (Å²) in [6.07, 6.45) is 1.96. The maximum absolute atomic E-state index is 11.8. The van der Waals surface area contributed by atoms with Gasteiger partial charge < -0.3 is 14.6 Å². The van der Waals surface area contributed by atoms with Crippen molar-refractivity contribution in [3.05, 3.63) is 23.8 Å². The van der Waals surface area contributed by atoms with Crippen LogP contribution < -0.4 is 0 Å². The van der Waals surface area contributed by atoms with Crippen molar-refractivity contribution in [1.82, 2.24) is 0 Å². The molecule has 0 radical (unpaired) electrons. The molecule has 5 unspecified atom stereocenters. The van der Waals surface area contributed by atoms with E-state index in [9.17, 15) is 14.7 Å². The zero-order valence-electron chi connectivity index (χ0n) is 13.4. The van der Waals surface area contributed by atoms with Gasteiger partial charge in [-0.15, -0.1) is 0 Å². The maximum Gasteiger partial charge on any atom is 0.309 e. The predicted octanol–water partition coefficient (Wildman–Crippen LogP) is 2.14. The molecule has 2 aliphatic rings. The lowest BCUT2D eigenvalue weighted by atomic mass is 9.83. The van der Waals surface area contributed by atoms with Crippen LogP contribution in [0.5, 0.6) is 0 Å². The first-order valence-corrected chi connectivity index (χ1v) is 7.71. The van der Waals surface area contributed by atoms with Crippen molar-refractivity contribution < 1.29 is 24.2 Å². The van der Waals surface area contributed by atoms with Gasteiger partial charge in [0.05, 0.1) is 12.0 Å². The monoisotopic (exact) mass is 308 g/mol. The maximum atomic E-state index is 11.8. The molecule has 5 heteroatoms. The topological polar surface area (TPSA) is 72.8 Å². The molecule has 0 bridgehead atoms. The Morgan fingerprint density at radius 1 is 1.50 bits per heavy atom. The molecule has 2 rings (SSSR count). The minimum atomic E-state index is -0.724. The van der Waals surface area contributed by atoms with Crippen molar-refractivity contribution in [1.29, 1.82) is 0 Å². The lowest BCUT2D eigenvalue weighted by Crippen LogP contribution is -2.28. The van der Waals surface area contributed by atoms with Crippen LogP contribution in [0, 0.1) is 11.8 Å². The Morgan fingerprint density at radius 3 is 2.82 bits per heavy atom. The number of rotatable bonds is 1. The highest BCUT2D eigenvalue weighted by Crippen LogP contribution is 2.36. The second-order valence-corrected chi connectivity index (χ2v) is 6.31. The second-order valence-electron chi connectivity index (χ2n) is 6.31. The van der Waals surface area contributed by atoms with E-state index in [0.29, 0.717) is 12.0 Å². The van der Waals surface area contributed by atoms with Gasteiger partial charge in [-0.2, -0.15) is 0 Å². The number of esters is 2. The summed E-state index contributed by atoms with van der Waals surface area (Å²) in [5, 5.41) is 10.2. The fourth-order valence-corrected chi connectivity index (χ4v) is 3.14. The first-order valence-electron chi connectivity index (χ1n) is 7.71. The summed E-state index contributed by atoms with van der Waals surface area (Å²) in [7, 11) is 0. The Balaban J connectivity index is 2.31. The van der Waals surface area contributed by atoms with E-state index < -0.39 is 18.2 Å². The van der Waals surface area contributed by atoms with Gasteiger partial charge in [-0.3, -0.25) is 9.59 Å². The molecule has 0 aromatic rings. The van der Waals surface area contributed by atoms with E-state index in [1.807, 2.05) is 19.9 Å². The van der Waals surface area contributed by atoms with Gasteiger partial charge in [-0.25, -0.2) is 0 Å². The van der Waals surface area contributed by atoms with E-state index in [1.165, 1.54) is 6.92 Å². The molecular formula is C17H24O5. The number of hydrogen-bond donors (Lipinski definition) is 1. The van der Waals surface area contributed by atoms with Crippen LogP contribution in [-0.4, -0.2) is 35.4 Å². The molecule has 0 saturated carbocycles. The highest BCUT2D eigenvalue weighted by molar-refractivity contribution is 5.75. The van der Waals surface area contributed by atoms with Gasteiger partial charge in [0.25, 0.3) is 0 Å². The summed E-state index contributed by atoms with van der Waals surface area (Å²) in [4.78, 5) is 23.1. The molecule has 0 aromatic carbocycles. The summed E-state index contributed by atoms with van der Waals surface area (Å²) in [6.45, 7) is 8.97. The van der Waals surface area contributed by atoms with Gasteiger partial charge in [-0.05, 0) is 37.0 Å². The van der Waals surface area contributed by atoms with Crippen LogP contribution in [-0.2, 0) is 19.1 Å². The fraction of sp³-hybridized carbons (Fsp3) is 0.647. The molecule has 5 nitrogen and oxygen atoms in total. The van der Waals surface area contributed by atoms with Crippen LogP contribution in [0.2, 0.25) is 0 Å². The van der Waals surface area contributed by atoms with Crippen molar-refractivity contribution in [2.75, 3.05) is 0 Å². The SMILES string of the molecule is C=C1CCC2C(C=C(C)C(OC(C)=O)CC1O)OC(=O)C2C. The zero-order chi connectivity index (χ0) is 16.4. The first-order chi connectivity index (χ1) is 10.3. The van der Waals surface area contributed by atoms with Crippen LogP contribution in [0.15, 0.2) is 23.8 Å². The Labute approximate surface area is 131 Å². The predicted molar refractivity (Wildman–Crippen MR) is 80.8 cm³/mol. The minimum Gasteiger partial charge on any atom is -0.458 e. The summed E-state index contributed by atoms with van der Waals surface area (Å²) < 4.78 is 10.8. The van der Waals surface area contributed by atoms with Crippen LogP contribution in [0.1, 0.15) is 40.0 Å². The van der Waals surface area contributed by atoms with Crippen molar-refractivity contribution in [3.63, 3.8) is 0 Å². The third-order valence-corrected chi connectivity index (χ3v) is 4.64. The minimum absolute atomic E-state index is 0.0579. The average molecular weight is 308 g/mol. The molecule has 0 spiro atoms. The molecular weight excluding hydrogens is 284 g/mol. The second kappa shape index (κ2) is 6.65. The normalized spacial score (nSPS) is 36.2. The molecule has 1 saturated heterocycles. The third-order valence-electron chi connectivity index (χ3n) is 4.64. The van der Waals surface area contributed by atoms with E-state index in [0.717, 1.165) is 12.0 Å². The van der Waals surface area contributed by atoms with Crippen LogP contribution in [0.3, 0.4) is 0 Å². The summed E-state index contributed by atoms with van der Waals surface area (Å²) in [5.74, 6) is -0.720. The molecule has 1 aliphatic carbocycles. The molecule has 0 amide bonds. The summed E-state index contributed by atoms with van der Waals surface area (Å²) in [6, 6.07) is 0. The molecule has 0 aromatic heterocycles. The molecule has 5 atom stereocenters. The van der Waals surface area contributed by atoms with Crippen molar-refractivity contribution in [2.24, 2.45) is 11.8 Å². The number of carbonyl (C=O) groups excluding carboxylic acids is 2. The van der Waals surface area contributed by atoms with E-state index >= 15 is 0 Å². The van der Waals surface area contributed by atoms with Crippen molar-refractivity contribution >= 4 is 11.9 Å². The fourth-order valence-electron chi connectivity index (χ4n) is 3.14. The van der Waals surface area contributed by atoms with Crippen LogP contribution in [0.4, 0.5) is 0 Å². The van der Waals surface area contributed by atoms with Gasteiger partial charge >= 0.3 is 11.9 Å². The summed E-state index contributed by atoms with van der Waals surface area (Å²) in [5.41, 5.74) is 1.50. The van der Waals surface area contributed by atoms with Gasteiger partial charge in [0.1, 0.15) is 12.2 Å². The molecule has 22 heavy (non-hydrogen) atoms. The lowest BCUT2D eigenvalue weighted by Gasteiger charge is -2.26. The Kier molecular flexibility index (Phi) is 5.06. The number of fused-ring (bicyclic) bond motifs is 1. The molecule has 1 N–H and O–H groups in total. The lowest BCUT2D eigenvalue weighted by molar-refractivity contribution is -0.146. The van der Waals surface area contributed by atoms with E-state index in [1.54, 1.807) is 0 Å². The highest BCUT2D eigenvalue weighted by atomic mass is 16.6. The Morgan fingerprint density at radius 2 is 2.18 bits per heavy atom.